The molecule has 1 radical (unpaired) electrons. The largest absolute Gasteiger partial charge is 0.0654 e. The molecule has 1 unspecified atom stereocenters. The van der Waals surface area contributed by atoms with Crippen molar-refractivity contribution in [2.75, 3.05) is 0 Å². The van der Waals surface area contributed by atoms with Crippen LogP contribution in [0.25, 0.3) is 0 Å². The van der Waals surface area contributed by atoms with Crippen LogP contribution in [0, 0.1) is 29.1 Å². The number of hydrogen-bond donors (Lipinski definition) is 0. The summed E-state index contributed by atoms with van der Waals surface area (Å²) in [4.78, 5) is 0. The lowest BCUT2D eigenvalue weighted by atomic mass is 9.49. The van der Waals surface area contributed by atoms with Crippen LogP contribution in [0.4, 0.5) is 0 Å². The molecule has 0 aromatic heterocycles. The van der Waals surface area contributed by atoms with E-state index in [4.69, 9.17) is 0 Å². The molecule has 0 aliphatic carbocycles. The summed E-state index contributed by atoms with van der Waals surface area (Å²) >= 11 is 0. The van der Waals surface area contributed by atoms with Gasteiger partial charge in [-0.1, -0.05) is 190 Å². The van der Waals surface area contributed by atoms with E-state index in [0.29, 0.717) is 5.41 Å². The highest BCUT2D eigenvalue weighted by molar-refractivity contribution is 5.15. The van der Waals surface area contributed by atoms with Crippen LogP contribution in [0.3, 0.4) is 0 Å². The molecule has 0 saturated carbocycles. The van der Waals surface area contributed by atoms with E-state index in [1.54, 1.807) is 0 Å². The fourth-order valence-electron chi connectivity index (χ4n) is 8.34. The number of rotatable bonds is 31. The highest BCUT2D eigenvalue weighted by Gasteiger charge is 2.50. The van der Waals surface area contributed by atoms with E-state index in [9.17, 15) is 0 Å². The van der Waals surface area contributed by atoms with Crippen molar-refractivity contribution in [3.63, 3.8) is 0 Å². The second-order valence-electron chi connectivity index (χ2n) is 13.8. The quantitative estimate of drug-likeness (QED) is 0.0738. The minimum Gasteiger partial charge on any atom is -0.0654 e. The van der Waals surface area contributed by atoms with E-state index in [0.717, 1.165) is 17.8 Å². The molecule has 0 fully saturated rings. The molecular weight excluding hydrogens is 480 g/mol. The van der Waals surface area contributed by atoms with Gasteiger partial charge in [0.2, 0.25) is 0 Å². The molecule has 40 heavy (non-hydrogen) atoms. The van der Waals surface area contributed by atoms with Gasteiger partial charge in [-0.3, -0.25) is 0 Å². The lowest BCUT2D eigenvalue weighted by molar-refractivity contribution is 0.0186. The van der Waals surface area contributed by atoms with Gasteiger partial charge >= 0.3 is 0 Å². The molecule has 0 aromatic rings. The fourth-order valence-corrected chi connectivity index (χ4v) is 8.34. The van der Waals surface area contributed by atoms with Crippen LogP contribution in [0.1, 0.15) is 229 Å². The summed E-state index contributed by atoms with van der Waals surface area (Å²) in [6, 6.07) is 0. The van der Waals surface area contributed by atoms with Crippen molar-refractivity contribution in [2.24, 2.45) is 23.2 Å². The van der Waals surface area contributed by atoms with Gasteiger partial charge in [0, 0.05) is 0 Å². The van der Waals surface area contributed by atoms with Crippen LogP contribution in [0.15, 0.2) is 0 Å². The molecule has 0 aliphatic heterocycles. The Morgan fingerprint density at radius 3 is 1.25 bits per heavy atom. The van der Waals surface area contributed by atoms with Crippen molar-refractivity contribution < 1.29 is 0 Å². The maximum Gasteiger partial charge on any atom is -0.0143 e. The van der Waals surface area contributed by atoms with Crippen molar-refractivity contribution in [2.45, 2.75) is 229 Å². The van der Waals surface area contributed by atoms with Crippen LogP contribution in [0.5, 0.6) is 0 Å². The highest BCUT2D eigenvalue weighted by Crippen LogP contribution is 2.59. The standard InChI is InChI=1S/C40H81/c1-9-17-23-26-34-39(36(30-24-18-10-2)31-25-19-11-3)40(35-27-20-12-4,37(28-15-7)29-16-8)38(32-21-13-5)33-22-14-6/h36-38H,9-35H2,1-8H3. The van der Waals surface area contributed by atoms with Crippen molar-refractivity contribution in [1.82, 2.24) is 0 Å². The smallest absolute Gasteiger partial charge is 0.0143 e. The topological polar surface area (TPSA) is 0 Å². The summed E-state index contributed by atoms with van der Waals surface area (Å²) in [5, 5.41) is 0. The van der Waals surface area contributed by atoms with Crippen molar-refractivity contribution in [3.05, 3.63) is 5.92 Å². The maximum atomic E-state index is 2.49. The van der Waals surface area contributed by atoms with E-state index >= 15 is 0 Å². The van der Waals surface area contributed by atoms with Gasteiger partial charge in [0.1, 0.15) is 0 Å². The molecule has 0 nitrogen and oxygen atoms in total. The van der Waals surface area contributed by atoms with E-state index in [1.165, 1.54) is 173 Å². The number of unbranched alkanes of at least 4 members (excludes halogenated alkanes) is 11. The van der Waals surface area contributed by atoms with E-state index in [-0.39, 0.29) is 0 Å². The SMILES string of the molecule is CCCCCC[C](C(CCCCC)CCCCC)C(CCCCC)(C(CCC)CCC)C(CCCC)CCCC. The molecule has 1 atom stereocenters. The molecule has 0 heteroatoms. The van der Waals surface area contributed by atoms with E-state index in [2.05, 4.69) is 61.3 Å². The summed E-state index contributed by atoms with van der Waals surface area (Å²) in [6.45, 7) is 19.5. The first-order valence-electron chi connectivity index (χ1n) is 19.4. The Morgan fingerprint density at radius 1 is 0.375 bits per heavy atom. The Kier molecular flexibility index (Phi) is 27.8. The summed E-state index contributed by atoms with van der Waals surface area (Å²) in [7, 11) is 0. The Labute approximate surface area is 257 Å². The molecule has 0 heterocycles. The summed E-state index contributed by atoms with van der Waals surface area (Å²) in [5.74, 6) is 4.84. The minimum atomic E-state index is 0.487. The van der Waals surface area contributed by atoms with Crippen LogP contribution in [-0.4, -0.2) is 0 Å². The van der Waals surface area contributed by atoms with Crippen LogP contribution < -0.4 is 0 Å². The van der Waals surface area contributed by atoms with E-state index < -0.39 is 0 Å². The molecule has 0 spiro atoms. The lowest BCUT2D eigenvalue weighted by Crippen LogP contribution is -2.46. The maximum absolute atomic E-state index is 2.49. The average Bonchev–Trinajstić information content (AvgIpc) is 2.96. The second-order valence-corrected chi connectivity index (χ2v) is 13.8. The van der Waals surface area contributed by atoms with Gasteiger partial charge < -0.3 is 0 Å². The van der Waals surface area contributed by atoms with Gasteiger partial charge in [-0.15, -0.1) is 0 Å². The van der Waals surface area contributed by atoms with Gasteiger partial charge in [0.25, 0.3) is 0 Å². The van der Waals surface area contributed by atoms with E-state index in [1.807, 2.05) is 0 Å². The first-order chi connectivity index (χ1) is 19.6. The number of hydrogen-bond acceptors (Lipinski definition) is 0. The molecule has 0 N–H and O–H groups in total. The first-order valence-corrected chi connectivity index (χ1v) is 19.4. The lowest BCUT2D eigenvalue weighted by Gasteiger charge is -2.55. The van der Waals surface area contributed by atoms with Gasteiger partial charge in [0.15, 0.2) is 0 Å². The van der Waals surface area contributed by atoms with Crippen LogP contribution >= 0.6 is 0 Å². The summed E-state index contributed by atoms with van der Waals surface area (Å²) in [6.07, 6.45) is 38.6. The molecule has 0 rings (SSSR count). The molecule has 0 aliphatic rings. The molecule has 0 aromatic carbocycles. The third-order valence-electron chi connectivity index (χ3n) is 10.4. The zero-order valence-electron chi connectivity index (χ0n) is 29.8. The van der Waals surface area contributed by atoms with Gasteiger partial charge in [-0.05, 0) is 67.6 Å². The van der Waals surface area contributed by atoms with Crippen molar-refractivity contribution >= 4 is 0 Å². The van der Waals surface area contributed by atoms with Gasteiger partial charge in [-0.2, -0.15) is 0 Å². The van der Waals surface area contributed by atoms with Crippen molar-refractivity contribution in [3.8, 4) is 0 Å². The van der Waals surface area contributed by atoms with Gasteiger partial charge in [0.05, 0.1) is 0 Å². The molecular formula is C40H81. The Morgan fingerprint density at radius 2 is 0.800 bits per heavy atom. The fraction of sp³-hybridized carbons (Fsp3) is 0.975. The van der Waals surface area contributed by atoms with Crippen LogP contribution in [-0.2, 0) is 0 Å². The predicted octanol–water partition coefficient (Wildman–Crippen LogP) is 15.1. The molecule has 0 saturated heterocycles. The minimum absolute atomic E-state index is 0.487. The Hall–Kier alpha value is 0. The highest BCUT2D eigenvalue weighted by atomic mass is 14.5. The normalized spacial score (nSPS) is 13.8. The Balaban J connectivity index is 7.09. The average molecular weight is 562 g/mol. The van der Waals surface area contributed by atoms with Crippen LogP contribution in [0.2, 0.25) is 0 Å². The first kappa shape index (κ1) is 40.0. The molecule has 241 valence electrons. The zero-order valence-corrected chi connectivity index (χ0v) is 29.8. The third kappa shape index (κ3) is 15.5. The summed E-state index contributed by atoms with van der Waals surface area (Å²) in [5.41, 5.74) is 0.487. The molecule has 0 bridgehead atoms. The van der Waals surface area contributed by atoms with Crippen molar-refractivity contribution in [1.29, 1.82) is 0 Å². The predicted molar refractivity (Wildman–Crippen MR) is 186 cm³/mol. The summed E-state index contributed by atoms with van der Waals surface area (Å²) < 4.78 is 0. The van der Waals surface area contributed by atoms with Gasteiger partial charge in [-0.25, -0.2) is 0 Å². The second kappa shape index (κ2) is 27.8. The molecule has 0 amide bonds. The monoisotopic (exact) mass is 562 g/mol. The third-order valence-corrected chi connectivity index (χ3v) is 10.4. The Bertz CT molecular complexity index is 470. The zero-order chi connectivity index (χ0) is 29.9.